The van der Waals surface area contributed by atoms with E-state index in [2.05, 4.69) is 39.2 Å². The van der Waals surface area contributed by atoms with Gasteiger partial charge in [-0.3, -0.25) is 28.8 Å². The third kappa shape index (κ3) is 17.3. The number of amides is 6. The first kappa shape index (κ1) is 42.6. The fourth-order valence-electron chi connectivity index (χ4n) is 4.29. The quantitative estimate of drug-likeness (QED) is 0.0431. The molecule has 0 heterocycles. The molecule has 0 bridgehead atoms. The van der Waals surface area contributed by atoms with Gasteiger partial charge in [-0.25, -0.2) is 4.79 Å². The molecule has 0 spiro atoms. The summed E-state index contributed by atoms with van der Waals surface area (Å²) in [5.41, 5.74) is 16.6. The van der Waals surface area contributed by atoms with Gasteiger partial charge in [0.1, 0.15) is 30.2 Å². The highest BCUT2D eigenvalue weighted by Crippen LogP contribution is 2.11. The minimum absolute atomic E-state index is 0.0650. The number of carboxylic acid groups (broad SMARTS) is 1. The molecule has 0 radical (unpaired) electrons. The molecule has 0 saturated heterocycles. The summed E-state index contributed by atoms with van der Waals surface area (Å²) >= 11 is 3.95. The van der Waals surface area contributed by atoms with E-state index in [-0.39, 0.29) is 43.3 Å². The summed E-state index contributed by atoms with van der Waals surface area (Å²) in [5, 5.41) is 21.9. The number of carbonyl (C=O) groups is 7. The van der Waals surface area contributed by atoms with Crippen LogP contribution >= 0.6 is 12.6 Å². The topological polar surface area (TPSA) is 278 Å². The predicted molar refractivity (Wildman–Crippen MR) is 175 cm³/mol. The van der Waals surface area contributed by atoms with E-state index in [4.69, 9.17) is 17.2 Å². The molecular formula is C29H54N8O8S. The molecule has 6 amide bonds. The van der Waals surface area contributed by atoms with Gasteiger partial charge in [0.2, 0.25) is 35.4 Å². The average molecular weight is 675 g/mol. The van der Waals surface area contributed by atoms with Gasteiger partial charge >= 0.3 is 5.97 Å². The highest BCUT2D eigenvalue weighted by Gasteiger charge is 2.32. The molecule has 12 N–H and O–H groups in total. The second-order valence-corrected chi connectivity index (χ2v) is 12.5. The Balaban J connectivity index is 5.83. The van der Waals surface area contributed by atoms with Crippen LogP contribution in [0, 0.1) is 11.8 Å². The number of primary amides is 1. The van der Waals surface area contributed by atoms with Gasteiger partial charge < -0.3 is 48.9 Å². The number of unbranched alkanes of at least 4 members (excludes halogenated alkanes) is 1. The van der Waals surface area contributed by atoms with Crippen molar-refractivity contribution in [2.75, 3.05) is 12.3 Å². The van der Waals surface area contributed by atoms with Gasteiger partial charge in [-0.05, 0) is 57.4 Å². The third-order valence-corrected chi connectivity index (χ3v) is 7.21. The number of thiol groups is 1. The molecule has 0 aromatic carbocycles. The van der Waals surface area contributed by atoms with Crippen molar-refractivity contribution in [3.63, 3.8) is 0 Å². The Morgan fingerprint density at radius 1 is 0.652 bits per heavy atom. The maximum absolute atomic E-state index is 13.4. The zero-order valence-electron chi connectivity index (χ0n) is 27.5. The SMILES string of the molecule is CC(C)C[C@H](NC(=O)[C@H](CC(C)C)NC(=O)[C@H](CCC(N)=O)NC(=O)[C@H](C)NC(=O)[C@@H](N)CCCCN)C(=O)N[C@@H](CS)C(=O)O. The molecule has 0 aliphatic heterocycles. The highest BCUT2D eigenvalue weighted by molar-refractivity contribution is 7.80. The first-order chi connectivity index (χ1) is 21.4. The summed E-state index contributed by atoms with van der Waals surface area (Å²) in [6, 6.07) is -6.80. The van der Waals surface area contributed by atoms with Crippen LogP contribution in [0.2, 0.25) is 0 Å². The molecule has 0 saturated carbocycles. The zero-order valence-corrected chi connectivity index (χ0v) is 28.4. The number of hydrogen-bond acceptors (Lipinski definition) is 10. The van der Waals surface area contributed by atoms with Gasteiger partial charge in [0.15, 0.2) is 0 Å². The molecule has 46 heavy (non-hydrogen) atoms. The van der Waals surface area contributed by atoms with E-state index < -0.39 is 77.7 Å². The Bertz CT molecular complexity index is 1040. The number of rotatable bonds is 23. The Morgan fingerprint density at radius 2 is 1.11 bits per heavy atom. The van der Waals surface area contributed by atoms with Crippen LogP contribution < -0.4 is 43.8 Å². The van der Waals surface area contributed by atoms with Gasteiger partial charge in [-0.15, -0.1) is 0 Å². The Morgan fingerprint density at radius 3 is 1.52 bits per heavy atom. The summed E-state index contributed by atoms with van der Waals surface area (Å²) in [6.45, 7) is 9.12. The number of carboxylic acids is 1. The van der Waals surface area contributed by atoms with Crippen LogP contribution in [0.1, 0.15) is 79.6 Å². The van der Waals surface area contributed by atoms with Crippen LogP contribution in [0.4, 0.5) is 0 Å². The smallest absolute Gasteiger partial charge is 0.327 e. The van der Waals surface area contributed by atoms with Crippen molar-refractivity contribution >= 4 is 54.0 Å². The van der Waals surface area contributed by atoms with Crippen molar-refractivity contribution in [2.45, 2.75) is 116 Å². The summed E-state index contributed by atoms with van der Waals surface area (Å²) in [7, 11) is 0. The van der Waals surface area contributed by atoms with E-state index >= 15 is 0 Å². The Kier molecular flexibility index (Phi) is 20.5. The fraction of sp³-hybridized carbons (Fsp3) is 0.759. The van der Waals surface area contributed by atoms with Crippen LogP contribution in [0.5, 0.6) is 0 Å². The zero-order chi connectivity index (χ0) is 35.6. The number of nitrogens with one attached hydrogen (secondary N) is 5. The molecule has 0 rings (SSSR count). The van der Waals surface area contributed by atoms with E-state index in [0.717, 1.165) is 0 Å². The van der Waals surface area contributed by atoms with Crippen LogP contribution in [0.25, 0.3) is 0 Å². The van der Waals surface area contributed by atoms with Gasteiger partial charge in [0.05, 0.1) is 6.04 Å². The van der Waals surface area contributed by atoms with E-state index in [1.807, 2.05) is 27.7 Å². The summed E-state index contributed by atoms with van der Waals surface area (Å²) in [5.74, 6) is -5.86. The fourth-order valence-corrected chi connectivity index (χ4v) is 4.53. The van der Waals surface area contributed by atoms with Gasteiger partial charge in [0, 0.05) is 12.2 Å². The Labute approximate surface area is 276 Å². The van der Waals surface area contributed by atoms with Crippen LogP contribution in [-0.2, 0) is 33.6 Å². The molecule has 17 heteroatoms. The Hall–Kier alpha value is -3.44. The number of nitrogens with two attached hydrogens (primary N) is 3. The van der Waals surface area contributed by atoms with Crippen molar-refractivity contribution in [3.05, 3.63) is 0 Å². The summed E-state index contributed by atoms with van der Waals surface area (Å²) < 4.78 is 0. The second kappa shape index (κ2) is 22.1. The van der Waals surface area contributed by atoms with Gasteiger partial charge in [0.25, 0.3) is 0 Å². The highest BCUT2D eigenvalue weighted by atomic mass is 32.1. The first-order valence-corrected chi connectivity index (χ1v) is 16.2. The van der Waals surface area contributed by atoms with E-state index in [9.17, 15) is 38.7 Å². The minimum atomic E-state index is -1.30. The van der Waals surface area contributed by atoms with Crippen LogP contribution in [-0.4, -0.2) is 95.1 Å². The molecule has 0 aliphatic rings. The molecule has 6 atom stereocenters. The average Bonchev–Trinajstić information content (AvgIpc) is 2.95. The van der Waals surface area contributed by atoms with E-state index in [1.165, 1.54) is 6.92 Å². The predicted octanol–water partition coefficient (Wildman–Crippen LogP) is -1.74. The van der Waals surface area contributed by atoms with Crippen molar-refractivity contribution in [1.29, 1.82) is 0 Å². The van der Waals surface area contributed by atoms with Gasteiger partial charge in [-0.2, -0.15) is 12.6 Å². The van der Waals surface area contributed by atoms with Gasteiger partial charge in [-0.1, -0.05) is 34.1 Å². The van der Waals surface area contributed by atoms with Crippen LogP contribution in [0.3, 0.4) is 0 Å². The second-order valence-electron chi connectivity index (χ2n) is 12.2. The monoisotopic (exact) mass is 674 g/mol. The normalized spacial score (nSPS) is 15.1. The summed E-state index contributed by atoms with van der Waals surface area (Å²) in [4.78, 5) is 88.1. The molecular weight excluding hydrogens is 620 g/mol. The van der Waals surface area contributed by atoms with Crippen LogP contribution in [0.15, 0.2) is 0 Å². The molecule has 0 fully saturated rings. The minimum Gasteiger partial charge on any atom is -0.480 e. The molecule has 0 aromatic rings. The number of carbonyl (C=O) groups excluding carboxylic acids is 6. The molecule has 16 nitrogen and oxygen atoms in total. The maximum Gasteiger partial charge on any atom is 0.327 e. The van der Waals surface area contributed by atoms with E-state index in [1.54, 1.807) is 0 Å². The van der Waals surface area contributed by atoms with E-state index in [0.29, 0.717) is 25.8 Å². The molecule has 0 unspecified atom stereocenters. The van der Waals surface area contributed by atoms with Crippen molar-refractivity contribution in [2.24, 2.45) is 29.0 Å². The standard InChI is InChI=1S/C29H54N8O8S/c1-15(2)12-20(27(42)36-21(13-16(3)4)28(43)37-22(14-46)29(44)45)35-26(41)19(9-10-23(32)38)34-24(39)17(5)33-25(40)18(31)8-6-7-11-30/h15-22,46H,6-14,30-31H2,1-5H3,(H2,32,38)(H,33,40)(H,34,39)(H,35,41)(H,36,42)(H,37,43)(H,44,45)/t17-,18-,19-,20-,21-,22-/m0/s1. The van der Waals surface area contributed by atoms with Crippen molar-refractivity contribution in [3.8, 4) is 0 Å². The lowest BCUT2D eigenvalue weighted by Gasteiger charge is -2.27. The summed E-state index contributed by atoms with van der Waals surface area (Å²) in [6.07, 6.45) is 1.56. The molecule has 264 valence electrons. The lowest BCUT2D eigenvalue weighted by molar-refractivity contribution is -0.141. The third-order valence-electron chi connectivity index (χ3n) is 6.85. The number of hydrogen-bond donors (Lipinski definition) is 10. The molecule has 0 aromatic heterocycles. The lowest BCUT2D eigenvalue weighted by atomic mass is 9.99. The largest absolute Gasteiger partial charge is 0.480 e. The van der Waals surface area contributed by atoms with Crippen molar-refractivity contribution in [1.82, 2.24) is 26.6 Å². The molecule has 0 aliphatic carbocycles. The van der Waals surface area contributed by atoms with Crippen molar-refractivity contribution < 1.29 is 38.7 Å². The number of aliphatic carboxylic acids is 1. The first-order valence-electron chi connectivity index (χ1n) is 15.5. The maximum atomic E-state index is 13.4. The lowest BCUT2D eigenvalue weighted by Crippen LogP contribution is -2.59.